The number of nitrogens with one attached hydrogen (secondary N) is 1. The van der Waals surface area contributed by atoms with Crippen LogP contribution in [0.1, 0.15) is 31.9 Å². The number of thioether (sulfide) groups is 1. The molecule has 2 aromatic rings. The van der Waals surface area contributed by atoms with Crippen molar-refractivity contribution in [1.82, 2.24) is 5.32 Å². The molecule has 2 fully saturated rings. The quantitative estimate of drug-likeness (QED) is 0.555. The second kappa shape index (κ2) is 10.8. The van der Waals surface area contributed by atoms with Crippen molar-refractivity contribution in [1.29, 1.82) is 0 Å². The number of ether oxygens (including phenoxy) is 1. The summed E-state index contributed by atoms with van der Waals surface area (Å²) in [4.78, 5) is 31.6. The fraction of sp³-hybridized carbons (Fsp3) is 0.423. The summed E-state index contributed by atoms with van der Waals surface area (Å²) < 4.78 is 70.3. The Labute approximate surface area is 228 Å². The van der Waals surface area contributed by atoms with Gasteiger partial charge in [-0.2, -0.15) is 18.2 Å². The molecule has 2 aliphatic heterocycles. The van der Waals surface area contributed by atoms with E-state index in [1.807, 2.05) is 0 Å². The standard InChI is InChI=1S/C26H28F3N3O5S2/c1-25(2,3)37-24(34)30-19(12-16-8-5-4-6-9-16)22(33)31-23-32(20-14-39(35,36)15-21(20)38-23)18-11-7-10-17(13-18)26(27,28)29/h4-11,13,19-21H,12,14-15H2,1-3H3,(H,30,34)/t19-,20-,21+/m1/s1. The molecule has 4 rings (SSSR count). The highest BCUT2D eigenvalue weighted by Crippen LogP contribution is 2.42. The lowest BCUT2D eigenvalue weighted by Gasteiger charge is -2.26. The van der Waals surface area contributed by atoms with Crippen LogP contribution < -0.4 is 10.2 Å². The van der Waals surface area contributed by atoms with E-state index < -0.39 is 56.5 Å². The van der Waals surface area contributed by atoms with Crippen LogP contribution in [0, 0.1) is 0 Å². The number of rotatable bonds is 5. The summed E-state index contributed by atoms with van der Waals surface area (Å²) in [5.74, 6) is -1.21. The van der Waals surface area contributed by atoms with E-state index in [9.17, 15) is 31.2 Å². The second-order valence-electron chi connectivity index (χ2n) is 10.3. The maximum atomic E-state index is 13.5. The summed E-state index contributed by atoms with van der Waals surface area (Å²) in [6.45, 7) is 5.03. The fourth-order valence-corrected chi connectivity index (χ4v) is 8.29. The van der Waals surface area contributed by atoms with Crippen LogP contribution in [0.2, 0.25) is 0 Å². The molecule has 8 nitrogen and oxygen atoms in total. The number of aliphatic imine (C=N–C) groups is 1. The SMILES string of the molecule is CC(C)(C)OC(=O)N[C@H](Cc1ccccc1)C(=O)N=C1S[C@H]2CS(=O)(=O)C[C@H]2N1c1cccc(C(F)(F)F)c1. The zero-order valence-electron chi connectivity index (χ0n) is 21.4. The molecular formula is C26H28F3N3O5S2. The molecule has 3 atom stereocenters. The lowest BCUT2D eigenvalue weighted by molar-refractivity contribution is -0.137. The fourth-order valence-electron chi connectivity index (χ4n) is 4.37. The zero-order chi connectivity index (χ0) is 28.6. The number of nitrogens with zero attached hydrogens (tertiary/aromatic N) is 2. The number of sulfone groups is 1. The average Bonchev–Trinajstić information content (AvgIpc) is 3.28. The summed E-state index contributed by atoms with van der Waals surface area (Å²) in [5, 5.41) is 2.12. The van der Waals surface area contributed by atoms with Gasteiger partial charge in [-0.1, -0.05) is 48.2 Å². The van der Waals surface area contributed by atoms with Crippen LogP contribution in [-0.2, 0) is 32.0 Å². The van der Waals surface area contributed by atoms with Gasteiger partial charge in [-0.15, -0.1) is 0 Å². The molecule has 0 saturated carbocycles. The summed E-state index contributed by atoms with van der Waals surface area (Å²) in [6, 6.07) is 11.6. The van der Waals surface area contributed by atoms with Gasteiger partial charge in [0.05, 0.1) is 23.1 Å². The van der Waals surface area contributed by atoms with Crippen LogP contribution in [0.25, 0.3) is 0 Å². The molecule has 39 heavy (non-hydrogen) atoms. The third-order valence-corrected chi connectivity index (χ3v) is 9.21. The van der Waals surface area contributed by atoms with Crippen molar-refractivity contribution in [2.45, 2.75) is 56.3 Å². The minimum absolute atomic E-state index is 0.0770. The number of carbonyl (C=O) groups is 2. The molecule has 2 amide bonds. The summed E-state index contributed by atoms with van der Waals surface area (Å²) >= 11 is 1.03. The van der Waals surface area contributed by atoms with Crippen molar-refractivity contribution in [3.8, 4) is 0 Å². The summed E-state index contributed by atoms with van der Waals surface area (Å²) in [5.41, 5.74) is -0.911. The molecule has 2 aliphatic rings. The first-order valence-electron chi connectivity index (χ1n) is 12.1. The largest absolute Gasteiger partial charge is 0.444 e. The molecule has 2 aromatic carbocycles. The number of hydrogen-bond acceptors (Lipinski definition) is 6. The number of halogens is 3. The lowest BCUT2D eigenvalue weighted by Crippen LogP contribution is -2.45. The molecule has 210 valence electrons. The maximum absolute atomic E-state index is 13.5. The second-order valence-corrected chi connectivity index (χ2v) is 13.7. The van der Waals surface area contributed by atoms with Crippen molar-refractivity contribution in [2.24, 2.45) is 4.99 Å². The Balaban J connectivity index is 1.69. The van der Waals surface area contributed by atoms with Crippen molar-refractivity contribution >= 4 is 44.5 Å². The number of hydrogen-bond donors (Lipinski definition) is 1. The third kappa shape index (κ3) is 7.33. The predicted octanol–water partition coefficient (Wildman–Crippen LogP) is 4.44. The normalized spacial score (nSPS) is 22.4. The van der Waals surface area contributed by atoms with E-state index in [1.165, 1.54) is 17.0 Å². The Morgan fingerprint density at radius 2 is 1.79 bits per heavy atom. The summed E-state index contributed by atoms with van der Waals surface area (Å²) in [7, 11) is -3.43. The third-order valence-electron chi connectivity index (χ3n) is 6.00. The Kier molecular flexibility index (Phi) is 8.04. The van der Waals surface area contributed by atoms with Gasteiger partial charge >= 0.3 is 12.3 Å². The van der Waals surface area contributed by atoms with Gasteiger partial charge in [0.25, 0.3) is 5.91 Å². The Morgan fingerprint density at radius 1 is 1.10 bits per heavy atom. The molecule has 0 aliphatic carbocycles. The van der Waals surface area contributed by atoms with Gasteiger partial charge in [0.2, 0.25) is 0 Å². The zero-order valence-corrected chi connectivity index (χ0v) is 23.1. The van der Waals surface area contributed by atoms with Crippen molar-refractivity contribution in [2.75, 3.05) is 16.4 Å². The monoisotopic (exact) mass is 583 g/mol. The van der Waals surface area contributed by atoms with E-state index in [4.69, 9.17) is 4.74 Å². The Bertz CT molecular complexity index is 1380. The van der Waals surface area contributed by atoms with Crippen LogP contribution in [0.3, 0.4) is 0 Å². The van der Waals surface area contributed by atoms with Crippen molar-refractivity contribution in [3.05, 3.63) is 65.7 Å². The number of alkyl carbamates (subject to hydrolysis) is 1. The number of fused-ring (bicyclic) bond motifs is 1. The van der Waals surface area contributed by atoms with E-state index in [1.54, 1.807) is 51.1 Å². The summed E-state index contributed by atoms with van der Waals surface area (Å²) in [6.07, 6.45) is -5.35. The van der Waals surface area contributed by atoms with Crippen LogP contribution in [0.15, 0.2) is 59.6 Å². The van der Waals surface area contributed by atoms with Gasteiger partial charge in [0.15, 0.2) is 15.0 Å². The number of amidine groups is 1. The molecule has 2 saturated heterocycles. The van der Waals surface area contributed by atoms with E-state index in [0.29, 0.717) is 0 Å². The maximum Gasteiger partial charge on any atom is 0.416 e. The topological polar surface area (TPSA) is 105 Å². The Morgan fingerprint density at radius 3 is 2.44 bits per heavy atom. The van der Waals surface area contributed by atoms with Crippen LogP contribution in [-0.4, -0.2) is 60.0 Å². The molecule has 0 spiro atoms. The molecule has 13 heteroatoms. The number of carbonyl (C=O) groups excluding carboxylic acids is 2. The van der Waals surface area contributed by atoms with E-state index >= 15 is 0 Å². The van der Waals surface area contributed by atoms with E-state index in [-0.39, 0.29) is 28.8 Å². The number of alkyl halides is 3. The number of amides is 2. The van der Waals surface area contributed by atoms with E-state index in [2.05, 4.69) is 10.3 Å². The first-order chi connectivity index (χ1) is 18.1. The average molecular weight is 584 g/mol. The molecular weight excluding hydrogens is 555 g/mol. The van der Waals surface area contributed by atoms with Gasteiger partial charge in [0.1, 0.15) is 11.6 Å². The first kappa shape index (κ1) is 28.9. The highest BCUT2D eigenvalue weighted by molar-refractivity contribution is 8.16. The minimum atomic E-state index is -4.62. The van der Waals surface area contributed by atoms with Gasteiger partial charge < -0.3 is 15.0 Å². The van der Waals surface area contributed by atoms with Gasteiger partial charge in [-0.3, -0.25) is 4.79 Å². The lowest BCUT2D eigenvalue weighted by atomic mass is 10.1. The van der Waals surface area contributed by atoms with Gasteiger partial charge in [-0.25, -0.2) is 13.2 Å². The number of anilines is 1. The molecule has 0 aromatic heterocycles. The smallest absolute Gasteiger partial charge is 0.416 e. The van der Waals surface area contributed by atoms with Crippen molar-refractivity contribution < 1.29 is 35.9 Å². The molecule has 0 bridgehead atoms. The van der Waals surface area contributed by atoms with Crippen LogP contribution >= 0.6 is 11.8 Å². The molecule has 1 N–H and O–H groups in total. The van der Waals surface area contributed by atoms with E-state index in [0.717, 1.165) is 29.5 Å². The van der Waals surface area contributed by atoms with Crippen molar-refractivity contribution in [3.63, 3.8) is 0 Å². The molecule has 0 radical (unpaired) electrons. The first-order valence-corrected chi connectivity index (χ1v) is 14.8. The highest BCUT2D eigenvalue weighted by atomic mass is 32.2. The van der Waals surface area contributed by atoms with Gasteiger partial charge in [0, 0.05) is 17.4 Å². The van der Waals surface area contributed by atoms with Crippen LogP contribution in [0.4, 0.5) is 23.7 Å². The van der Waals surface area contributed by atoms with Gasteiger partial charge in [-0.05, 0) is 44.5 Å². The molecule has 2 heterocycles. The Hall–Kier alpha value is -3.06. The minimum Gasteiger partial charge on any atom is -0.444 e. The van der Waals surface area contributed by atoms with Crippen LogP contribution in [0.5, 0.6) is 0 Å². The predicted molar refractivity (Wildman–Crippen MR) is 143 cm³/mol. The number of benzene rings is 2. The highest BCUT2D eigenvalue weighted by Gasteiger charge is 2.50. The molecule has 0 unspecified atom stereocenters.